The smallest absolute Gasteiger partial charge is 0.152 e. The lowest BCUT2D eigenvalue weighted by Crippen LogP contribution is -2.38. The molecule has 0 bridgehead atoms. The van der Waals surface area contributed by atoms with Crippen LogP contribution in [0.4, 0.5) is 0 Å². The number of hydrogen-bond acceptors (Lipinski definition) is 3. The van der Waals surface area contributed by atoms with Crippen LogP contribution >= 0.6 is 0 Å². The number of Topliss-reactive ketones (excluding diaryl/α,β-unsaturated/α-hetero) is 1. The lowest BCUT2D eigenvalue weighted by molar-refractivity contribution is -0.123. The Hall–Kier alpha value is -0.410. The third kappa shape index (κ3) is 3.49. The van der Waals surface area contributed by atoms with E-state index in [-0.39, 0.29) is 17.7 Å². The third-order valence-electron chi connectivity index (χ3n) is 1.72. The number of rotatable bonds is 5. The molecule has 0 aliphatic heterocycles. The summed E-state index contributed by atoms with van der Waals surface area (Å²) in [6.45, 7) is 4.37. The topological polar surface area (TPSA) is 55.1 Å². The molecule has 3 heteroatoms. The number of nitrogens with two attached hydrogens (primary N) is 1. The van der Waals surface area contributed by atoms with Crippen molar-refractivity contribution < 1.29 is 4.79 Å². The highest BCUT2D eigenvalue weighted by Crippen LogP contribution is 2.01. The van der Waals surface area contributed by atoms with Crippen molar-refractivity contribution in [2.45, 2.75) is 26.3 Å². The van der Waals surface area contributed by atoms with Gasteiger partial charge in [-0.05, 0) is 20.0 Å². The molecule has 1 atom stereocenters. The van der Waals surface area contributed by atoms with Crippen LogP contribution in [0.3, 0.4) is 0 Å². The summed E-state index contributed by atoms with van der Waals surface area (Å²) in [6, 6.07) is -0.0556. The van der Waals surface area contributed by atoms with E-state index in [1.807, 2.05) is 13.8 Å². The fraction of sp³-hybridized carbons (Fsp3) is 0.875. The molecule has 66 valence electrons. The number of nitrogens with one attached hydrogen (secondary N) is 1. The van der Waals surface area contributed by atoms with Crippen LogP contribution in [-0.2, 0) is 4.79 Å². The first-order chi connectivity index (χ1) is 5.13. The Morgan fingerprint density at radius 2 is 2.09 bits per heavy atom. The first-order valence-corrected chi connectivity index (χ1v) is 4.04. The SMILES string of the molecule is CN[C@H](CCN)C(=O)C(C)C. The fourth-order valence-corrected chi connectivity index (χ4v) is 0.998. The van der Waals surface area contributed by atoms with Gasteiger partial charge < -0.3 is 11.1 Å². The van der Waals surface area contributed by atoms with E-state index in [4.69, 9.17) is 5.73 Å². The Morgan fingerprint density at radius 3 is 2.36 bits per heavy atom. The second-order valence-electron chi connectivity index (χ2n) is 2.98. The fourth-order valence-electron chi connectivity index (χ4n) is 0.998. The number of carbonyl (C=O) groups excluding carboxylic acids is 1. The molecule has 0 aromatic carbocycles. The minimum Gasteiger partial charge on any atom is -0.330 e. The van der Waals surface area contributed by atoms with Gasteiger partial charge in [0, 0.05) is 5.92 Å². The van der Waals surface area contributed by atoms with Gasteiger partial charge in [0.1, 0.15) is 0 Å². The third-order valence-corrected chi connectivity index (χ3v) is 1.72. The molecule has 0 saturated heterocycles. The molecule has 0 amide bonds. The first-order valence-electron chi connectivity index (χ1n) is 4.04. The van der Waals surface area contributed by atoms with Crippen LogP contribution in [0.25, 0.3) is 0 Å². The summed E-state index contributed by atoms with van der Waals surface area (Å²) in [7, 11) is 1.79. The van der Waals surface area contributed by atoms with E-state index < -0.39 is 0 Å². The summed E-state index contributed by atoms with van der Waals surface area (Å²) >= 11 is 0. The molecule has 0 unspecified atom stereocenters. The zero-order chi connectivity index (χ0) is 8.85. The highest BCUT2D eigenvalue weighted by Gasteiger charge is 2.17. The molecule has 0 saturated carbocycles. The number of likely N-dealkylation sites (N-methyl/N-ethyl adjacent to an activating group) is 1. The molecule has 0 fully saturated rings. The van der Waals surface area contributed by atoms with Crippen molar-refractivity contribution in [2.75, 3.05) is 13.6 Å². The summed E-state index contributed by atoms with van der Waals surface area (Å²) in [5, 5.41) is 2.95. The van der Waals surface area contributed by atoms with Gasteiger partial charge in [-0.25, -0.2) is 0 Å². The minimum absolute atomic E-state index is 0.0556. The van der Waals surface area contributed by atoms with Gasteiger partial charge in [-0.2, -0.15) is 0 Å². The molecule has 0 radical (unpaired) electrons. The Morgan fingerprint density at radius 1 is 1.55 bits per heavy atom. The zero-order valence-corrected chi connectivity index (χ0v) is 7.55. The molecule has 0 aliphatic rings. The molecular weight excluding hydrogens is 140 g/mol. The van der Waals surface area contributed by atoms with Crippen molar-refractivity contribution in [1.29, 1.82) is 0 Å². The molecule has 0 heterocycles. The van der Waals surface area contributed by atoms with Crippen molar-refractivity contribution in [1.82, 2.24) is 5.32 Å². The van der Waals surface area contributed by atoms with Crippen LogP contribution in [0, 0.1) is 5.92 Å². The second-order valence-corrected chi connectivity index (χ2v) is 2.98. The summed E-state index contributed by atoms with van der Waals surface area (Å²) < 4.78 is 0. The molecule has 0 spiro atoms. The molecule has 0 aliphatic carbocycles. The monoisotopic (exact) mass is 158 g/mol. The van der Waals surface area contributed by atoms with Crippen LogP contribution < -0.4 is 11.1 Å². The van der Waals surface area contributed by atoms with Crippen LogP contribution in [-0.4, -0.2) is 25.4 Å². The Bertz CT molecular complexity index is 123. The molecular formula is C8H18N2O. The predicted octanol–water partition coefficient (Wildman–Crippen LogP) is 0.148. The number of hydrogen-bond donors (Lipinski definition) is 2. The van der Waals surface area contributed by atoms with Gasteiger partial charge in [0.15, 0.2) is 5.78 Å². The average Bonchev–Trinajstić information content (AvgIpc) is 1.98. The highest BCUT2D eigenvalue weighted by atomic mass is 16.1. The summed E-state index contributed by atoms with van der Waals surface area (Å²) in [5.74, 6) is 0.344. The lowest BCUT2D eigenvalue weighted by atomic mass is 10.00. The van der Waals surface area contributed by atoms with E-state index in [1.54, 1.807) is 7.05 Å². The van der Waals surface area contributed by atoms with Crippen molar-refractivity contribution in [3.05, 3.63) is 0 Å². The first kappa shape index (κ1) is 10.6. The van der Waals surface area contributed by atoms with Crippen molar-refractivity contribution in [3.8, 4) is 0 Å². The Labute approximate surface area is 68.3 Å². The molecule has 0 aromatic rings. The van der Waals surface area contributed by atoms with E-state index in [2.05, 4.69) is 5.32 Å². The van der Waals surface area contributed by atoms with Crippen LogP contribution in [0.1, 0.15) is 20.3 Å². The predicted molar refractivity (Wildman–Crippen MR) is 46.4 cm³/mol. The molecule has 0 rings (SSSR count). The van der Waals surface area contributed by atoms with E-state index in [1.165, 1.54) is 0 Å². The van der Waals surface area contributed by atoms with Crippen molar-refractivity contribution >= 4 is 5.78 Å². The maximum atomic E-state index is 11.3. The van der Waals surface area contributed by atoms with Gasteiger partial charge in [0.25, 0.3) is 0 Å². The van der Waals surface area contributed by atoms with E-state index in [0.717, 1.165) is 6.42 Å². The van der Waals surface area contributed by atoms with Crippen molar-refractivity contribution in [3.63, 3.8) is 0 Å². The zero-order valence-electron chi connectivity index (χ0n) is 7.55. The van der Waals surface area contributed by atoms with Gasteiger partial charge in [0.2, 0.25) is 0 Å². The van der Waals surface area contributed by atoms with E-state index in [0.29, 0.717) is 6.54 Å². The molecule has 3 nitrogen and oxygen atoms in total. The minimum atomic E-state index is -0.0556. The van der Waals surface area contributed by atoms with Gasteiger partial charge in [-0.15, -0.1) is 0 Å². The number of ketones is 1. The molecule has 3 N–H and O–H groups in total. The lowest BCUT2D eigenvalue weighted by Gasteiger charge is -2.15. The van der Waals surface area contributed by atoms with Gasteiger partial charge >= 0.3 is 0 Å². The maximum Gasteiger partial charge on any atom is 0.152 e. The normalized spacial score (nSPS) is 13.5. The van der Waals surface area contributed by atoms with Gasteiger partial charge in [-0.1, -0.05) is 13.8 Å². The highest BCUT2D eigenvalue weighted by molar-refractivity contribution is 5.85. The molecule has 11 heavy (non-hydrogen) atoms. The maximum absolute atomic E-state index is 11.3. The Kier molecular flexibility index (Phi) is 5.07. The number of carbonyl (C=O) groups is 1. The average molecular weight is 158 g/mol. The standard InChI is InChI=1S/C8H18N2O/c1-6(2)8(11)7(10-3)4-5-9/h6-7,10H,4-5,9H2,1-3H3/t7-/m1/s1. The van der Waals surface area contributed by atoms with Gasteiger partial charge in [0.05, 0.1) is 6.04 Å². The van der Waals surface area contributed by atoms with Crippen LogP contribution in [0.2, 0.25) is 0 Å². The van der Waals surface area contributed by atoms with Crippen LogP contribution in [0.5, 0.6) is 0 Å². The largest absolute Gasteiger partial charge is 0.330 e. The van der Waals surface area contributed by atoms with E-state index in [9.17, 15) is 4.79 Å². The second kappa shape index (κ2) is 5.27. The van der Waals surface area contributed by atoms with Crippen LogP contribution in [0.15, 0.2) is 0 Å². The summed E-state index contributed by atoms with van der Waals surface area (Å²) in [4.78, 5) is 11.3. The Balaban J connectivity index is 3.92. The van der Waals surface area contributed by atoms with Crippen molar-refractivity contribution in [2.24, 2.45) is 11.7 Å². The summed E-state index contributed by atoms with van der Waals surface area (Å²) in [6.07, 6.45) is 0.730. The van der Waals surface area contributed by atoms with Gasteiger partial charge in [-0.3, -0.25) is 4.79 Å². The summed E-state index contributed by atoms with van der Waals surface area (Å²) in [5.41, 5.74) is 5.35. The molecule has 0 aromatic heterocycles. The van der Waals surface area contributed by atoms with E-state index >= 15 is 0 Å². The quantitative estimate of drug-likeness (QED) is 0.598.